The van der Waals surface area contributed by atoms with Crippen LogP contribution in [0.1, 0.15) is 32.1 Å². The molecule has 13 heteroatoms. The van der Waals surface area contributed by atoms with Crippen LogP contribution in [0.3, 0.4) is 0 Å². The van der Waals surface area contributed by atoms with E-state index in [0.29, 0.717) is 58.0 Å². The van der Waals surface area contributed by atoms with Gasteiger partial charge in [-0.1, -0.05) is 107 Å². The number of carbonyl (C=O) groups excluding carboxylic acids is 2. The van der Waals surface area contributed by atoms with Crippen LogP contribution in [0, 0.1) is 0 Å². The lowest BCUT2D eigenvalue weighted by Gasteiger charge is -2.18. The highest BCUT2D eigenvalue weighted by Gasteiger charge is 2.33. The zero-order valence-corrected chi connectivity index (χ0v) is 28.4. The first-order chi connectivity index (χ1) is 23.2. The van der Waals surface area contributed by atoms with E-state index in [2.05, 4.69) is 4.98 Å². The summed E-state index contributed by atoms with van der Waals surface area (Å²) in [5.41, 5.74) is 2.56. The Morgan fingerprint density at radius 2 is 1.06 bits per heavy atom. The number of anilines is 1. The summed E-state index contributed by atoms with van der Waals surface area (Å²) in [5, 5.41) is 12.5. The molecule has 0 fully saturated rings. The van der Waals surface area contributed by atoms with Crippen LogP contribution < -0.4 is 4.90 Å². The zero-order chi connectivity index (χ0) is 33.5. The maximum Gasteiger partial charge on any atom is 0.287 e. The molecule has 0 atom stereocenters. The monoisotopic (exact) mass is 732 g/mol. The molecule has 2 amide bonds. The first-order valence-electron chi connectivity index (χ1n) is 14.5. The quantitative estimate of drug-likeness (QED) is 0.152. The maximum atomic E-state index is 14.6. The van der Waals surface area contributed by atoms with Gasteiger partial charge in [0.05, 0.1) is 24.1 Å². The highest BCUT2D eigenvalue weighted by Crippen LogP contribution is 2.32. The topological polar surface area (TPSA) is 85.9 Å². The number of para-hydroxylation sites is 2. The van der Waals surface area contributed by atoms with Crippen molar-refractivity contribution < 1.29 is 9.59 Å². The minimum atomic E-state index is -0.699. The van der Waals surface area contributed by atoms with E-state index in [-0.39, 0.29) is 30.3 Å². The van der Waals surface area contributed by atoms with E-state index < -0.39 is 11.8 Å². The number of aromatic nitrogens is 5. The van der Waals surface area contributed by atoms with Crippen LogP contribution >= 0.6 is 58.0 Å². The smallest absolute Gasteiger partial charge is 0.266 e. The van der Waals surface area contributed by atoms with Gasteiger partial charge in [-0.05, 0) is 48.5 Å². The Morgan fingerprint density at radius 1 is 0.583 bits per heavy atom. The molecule has 0 spiro atoms. The van der Waals surface area contributed by atoms with Crippen LogP contribution in [0.25, 0.3) is 21.8 Å². The van der Waals surface area contributed by atoms with Gasteiger partial charge < -0.3 is 0 Å². The van der Waals surface area contributed by atoms with Gasteiger partial charge in [0.2, 0.25) is 0 Å². The van der Waals surface area contributed by atoms with Crippen molar-refractivity contribution in [2.45, 2.75) is 13.1 Å². The molecule has 8 nitrogen and oxygen atoms in total. The highest BCUT2D eigenvalue weighted by atomic mass is 35.5. The average Bonchev–Trinajstić information content (AvgIpc) is 3.63. The van der Waals surface area contributed by atoms with E-state index in [1.807, 2.05) is 24.3 Å². The SMILES string of the molecule is O=C(c1nn(Cc2c(Cl)cccc2Cl)c2ccccc12)N(C(=O)c1nn(Cc2c(Cl)cc(Cl)cc2Cl)c2ccccc12)c1ccccn1. The molecule has 3 heterocycles. The Morgan fingerprint density at radius 3 is 1.56 bits per heavy atom. The molecule has 0 radical (unpaired) electrons. The fraction of sp³-hybridized carbons (Fsp3) is 0.0571. The molecular formula is C35H21Cl5N6O2. The van der Waals surface area contributed by atoms with Crippen LogP contribution in [-0.4, -0.2) is 36.4 Å². The van der Waals surface area contributed by atoms with Gasteiger partial charge >= 0.3 is 0 Å². The second kappa shape index (κ2) is 13.2. The molecule has 0 aliphatic rings. The Labute approximate surface area is 299 Å². The predicted octanol–water partition coefficient (Wildman–Crippen LogP) is 9.63. The van der Waals surface area contributed by atoms with E-state index in [9.17, 15) is 9.59 Å². The molecule has 3 aromatic heterocycles. The molecule has 48 heavy (non-hydrogen) atoms. The van der Waals surface area contributed by atoms with Gasteiger partial charge in [0.25, 0.3) is 11.8 Å². The summed E-state index contributed by atoms with van der Waals surface area (Å²) in [6.45, 7) is 0.328. The van der Waals surface area contributed by atoms with Crippen LogP contribution in [0.15, 0.2) is 103 Å². The van der Waals surface area contributed by atoms with Crippen molar-refractivity contribution >= 4 is 97.4 Å². The number of nitrogens with zero attached hydrogens (tertiary/aromatic N) is 6. The molecule has 0 saturated carbocycles. The third kappa shape index (κ3) is 5.91. The zero-order valence-electron chi connectivity index (χ0n) is 24.6. The van der Waals surface area contributed by atoms with Gasteiger partial charge in [-0.25, -0.2) is 9.88 Å². The van der Waals surface area contributed by atoms with Gasteiger partial charge in [-0.2, -0.15) is 10.2 Å². The van der Waals surface area contributed by atoms with Crippen LogP contribution in [0.2, 0.25) is 25.1 Å². The third-order valence-corrected chi connectivity index (χ3v) is 9.39. The molecule has 238 valence electrons. The standard InChI is InChI=1S/C35H21Cl5N6O2/c36-20-16-27(39)24(28(40)17-20)19-45-30-13-4-2-9-22(30)33(43-45)35(48)46(31-14-5-6-15-41-31)34(47)32-21-8-1-3-12-29(21)44(42-32)18-23-25(37)10-7-11-26(23)38/h1-17H,18-19H2. The average molecular weight is 735 g/mol. The second-order valence-corrected chi connectivity index (χ2v) is 12.8. The molecule has 7 aromatic rings. The van der Waals surface area contributed by atoms with E-state index in [0.717, 1.165) is 4.90 Å². The van der Waals surface area contributed by atoms with Crippen molar-refractivity contribution in [3.63, 3.8) is 0 Å². The van der Waals surface area contributed by atoms with E-state index >= 15 is 0 Å². The van der Waals surface area contributed by atoms with Gasteiger partial charge in [0, 0.05) is 53.2 Å². The van der Waals surface area contributed by atoms with Gasteiger partial charge in [0.15, 0.2) is 11.4 Å². The molecule has 0 aliphatic carbocycles. The number of pyridine rings is 1. The summed E-state index contributed by atoms with van der Waals surface area (Å²) in [6, 6.07) is 27.8. The first-order valence-corrected chi connectivity index (χ1v) is 16.4. The first kappa shape index (κ1) is 32.1. The van der Waals surface area contributed by atoms with E-state index in [4.69, 9.17) is 68.2 Å². The van der Waals surface area contributed by atoms with Crippen LogP contribution in [0.4, 0.5) is 5.82 Å². The van der Waals surface area contributed by atoms with Crippen molar-refractivity contribution in [3.8, 4) is 0 Å². The highest BCUT2D eigenvalue weighted by molar-refractivity contribution is 6.39. The summed E-state index contributed by atoms with van der Waals surface area (Å²) >= 11 is 32.1. The number of carbonyl (C=O) groups is 2. The van der Waals surface area contributed by atoms with E-state index in [1.54, 1.807) is 82.2 Å². The summed E-state index contributed by atoms with van der Waals surface area (Å²) < 4.78 is 3.25. The minimum Gasteiger partial charge on any atom is -0.266 e. The number of halogens is 5. The molecule has 0 saturated heterocycles. The molecule has 4 aromatic carbocycles. The lowest BCUT2D eigenvalue weighted by Crippen LogP contribution is -2.38. The Bertz CT molecular complexity index is 2330. The lowest BCUT2D eigenvalue weighted by molar-refractivity contribution is 0.0892. The van der Waals surface area contributed by atoms with Gasteiger partial charge in [0.1, 0.15) is 5.82 Å². The number of hydrogen-bond acceptors (Lipinski definition) is 5. The number of hydrogen-bond donors (Lipinski definition) is 0. The van der Waals surface area contributed by atoms with Crippen LogP contribution in [-0.2, 0) is 13.1 Å². The number of amides is 2. The molecular weight excluding hydrogens is 714 g/mol. The van der Waals surface area contributed by atoms with Crippen LogP contribution in [0.5, 0.6) is 0 Å². The van der Waals surface area contributed by atoms with Crippen molar-refractivity contribution in [3.05, 3.63) is 151 Å². The number of fused-ring (bicyclic) bond motifs is 2. The fourth-order valence-electron chi connectivity index (χ4n) is 5.52. The normalized spacial score (nSPS) is 11.4. The fourth-order valence-corrected chi connectivity index (χ4v) is 6.97. The summed E-state index contributed by atoms with van der Waals surface area (Å²) in [7, 11) is 0. The Hall–Kier alpha value is -4.44. The van der Waals surface area contributed by atoms with Gasteiger partial charge in [-0.3, -0.25) is 19.0 Å². The Balaban J connectivity index is 1.34. The summed E-state index contributed by atoms with van der Waals surface area (Å²) in [4.78, 5) is 34.5. The largest absolute Gasteiger partial charge is 0.287 e. The van der Waals surface area contributed by atoms with Crippen molar-refractivity contribution in [1.82, 2.24) is 24.5 Å². The lowest BCUT2D eigenvalue weighted by atomic mass is 10.1. The summed E-state index contributed by atoms with van der Waals surface area (Å²) in [6.07, 6.45) is 1.50. The number of benzene rings is 4. The van der Waals surface area contributed by atoms with E-state index in [1.165, 1.54) is 6.20 Å². The predicted molar refractivity (Wildman–Crippen MR) is 191 cm³/mol. The van der Waals surface area contributed by atoms with Crippen molar-refractivity contribution in [1.29, 1.82) is 0 Å². The molecule has 0 aliphatic heterocycles. The van der Waals surface area contributed by atoms with Crippen molar-refractivity contribution in [2.75, 3.05) is 4.90 Å². The van der Waals surface area contributed by atoms with Gasteiger partial charge in [-0.15, -0.1) is 0 Å². The third-order valence-electron chi connectivity index (χ3n) is 7.79. The molecule has 7 rings (SSSR count). The number of imide groups is 1. The molecule has 0 unspecified atom stereocenters. The maximum absolute atomic E-state index is 14.6. The number of rotatable bonds is 7. The minimum absolute atomic E-state index is 0.0254. The molecule has 0 bridgehead atoms. The second-order valence-electron chi connectivity index (χ2n) is 10.7. The molecule has 0 N–H and O–H groups in total. The summed E-state index contributed by atoms with van der Waals surface area (Å²) in [5.74, 6) is -1.29. The Kier molecular flexibility index (Phi) is 8.85. The van der Waals surface area contributed by atoms with Crippen molar-refractivity contribution in [2.24, 2.45) is 0 Å².